The van der Waals surface area contributed by atoms with E-state index in [9.17, 15) is 9.90 Å². The summed E-state index contributed by atoms with van der Waals surface area (Å²) >= 11 is 3.28. The maximum atomic E-state index is 11.3. The van der Waals surface area contributed by atoms with Gasteiger partial charge in [-0.2, -0.15) is 0 Å². The highest BCUT2D eigenvalue weighted by atomic mass is 79.9. The number of halogens is 1. The average molecular weight is 334 g/mol. The van der Waals surface area contributed by atoms with Gasteiger partial charge in [0.15, 0.2) is 0 Å². The van der Waals surface area contributed by atoms with E-state index in [1.54, 1.807) is 12.1 Å². The van der Waals surface area contributed by atoms with Crippen molar-refractivity contribution in [1.29, 1.82) is 0 Å². The van der Waals surface area contributed by atoms with Gasteiger partial charge < -0.3 is 10.4 Å². The van der Waals surface area contributed by atoms with E-state index < -0.39 is 5.97 Å². The highest BCUT2D eigenvalue weighted by molar-refractivity contribution is 9.10. The highest BCUT2D eigenvalue weighted by Crippen LogP contribution is 2.25. The lowest BCUT2D eigenvalue weighted by molar-refractivity contribution is 0.0697. The molecular formula is C16H16BrNO2. The summed E-state index contributed by atoms with van der Waals surface area (Å²) in [6, 6.07) is 13.5. The van der Waals surface area contributed by atoms with Gasteiger partial charge in [-0.15, -0.1) is 0 Å². The van der Waals surface area contributed by atoms with Crippen LogP contribution in [0.1, 0.15) is 28.4 Å². The van der Waals surface area contributed by atoms with Gasteiger partial charge in [0.25, 0.3) is 0 Å². The molecule has 0 amide bonds. The third-order valence-electron chi connectivity index (χ3n) is 3.20. The maximum Gasteiger partial charge on any atom is 0.338 e. The predicted octanol–water partition coefficient (Wildman–Crippen LogP) is 4.32. The summed E-state index contributed by atoms with van der Waals surface area (Å²) < 4.78 is 0.582. The summed E-state index contributed by atoms with van der Waals surface area (Å²) in [5.74, 6) is -0.941. The number of hydrogen-bond donors (Lipinski definition) is 2. The SMILES string of the molecule is CCc1ccccc1CNc1cccc(Br)c1C(=O)O. The first-order chi connectivity index (χ1) is 9.63. The van der Waals surface area contributed by atoms with Crippen molar-refractivity contribution >= 4 is 27.6 Å². The van der Waals surface area contributed by atoms with Gasteiger partial charge in [-0.05, 0) is 45.6 Å². The van der Waals surface area contributed by atoms with Crippen LogP contribution in [0.3, 0.4) is 0 Å². The highest BCUT2D eigenvalue weighted by Gasteiger charge is 2.13. The first kappa shape index (κ1) is 14.6. The number of hydrogen-bond acceptors (Lipinski definition) is 2. The molecule has 0 atom stereocenters. The van der Waals surface area contributed by atoms with Crippen LogP contribution in [0.25, 0.3) is 0 Å². The van der Waals surface area contributed by atoms with Crippen LogP contribution in [-0.4, -0.2) is 11.1 Å². The molecule has 104 valence electrons. The van der Waals surface area contributed by atoms with E-state index in [-0.39, 0.29) is 5.56 Å². The fourth-order valence-corrected chi connectivity index (χ4v) is 2.69. The zero-order chi connectivity index (χ0) is 14.5. The van der Waals surface area contributed by atoms with Crippen molar-refractivity contribution in [3.8, 4) is 0 Å². The lowest BCUT2D eigenvalue weighted by atomic mass is 10.1. The molecule has 0 aliphatic rings. The minimum absolute atomic E-state index is 0.265. The maximum absolute atomic E-state index is 11.3. The molecule has 0 radical (unpaired) electrons. The number of rotatable bonds is 5. The van der Waals surface area contributed by atoms with Crippen LogP contribution in [0, 0.1) is 0 Å². The first-order valence-corrected chi connectivity index (χ1v) is 7.25. The Bertz CT molecular complexity index is 626. The van der Waals surface area contributed by atoms with Gasteiger partial charge in [-0.1, -0.05) is 37.3 Å². The van der Waals surface area contributed by atoms with Crippen LogP contribution in [0.4, 0.5) is 5.69 Å². The standard InChI is InChI=1S/C16H16BrNO2/c1-2-11-6-3-4-7-12(11)10-18-14-9-5-8-13(17)15(14)16(19)20/h3-9,18H,2,10H2,1H3,(H,19,20). The summed E-state index contributed by atoms with van der Waals surface area (Å²) in [7, 11) is 0. The Kier molecular flexibility index (Phi) is 4.79. The van der Waals surface area contributed by atoms with E-state index in [1.165, 1.54) is 11.1 Å². The molecule has 0 aliphatic carbocycles. The average Bonchev–Trinajstić information content (AvgIpc) is 2.45. The summed E-state index contributed by atoms with van der Waals surface area (Å²) in [4.78, 5) is 11.3. The van der Waals surface area contributed by atoms with Gasteiger partial charge in [0.1, 0.15) is 0 Å². The van der Waals surface area contributed by atoms with E-state index in [0.717, 1.165) is 6.42 Å². The molecule has 0 aromatic heterocycles. The topological polar surface area (TPSA) is 49.3 Å². The molecule has 0 heterocycles. The Hall–Kier alpha value is -1.81. The number of aryl methyl sites for hydroxylation is 1. The predicted molar refractivity (Wildman–Crippen MR) is 84.2 cm³/mol. The molecule has 20 heavy (non-hydrogen) atoms. The van der Waals surface area contributed by atoms with Gasteiger partial charge >= 0.3 is 5.97 Å². The smallest absolute Gasteiger partial charge is 0.338 e. The Morgan fingerprint density at radius 1 is 1.15 bits per heavy atom. The molecule has 2 aromatic carbocycles. The quantitative estimate of drug-likeness (QED) is 0.856. The molecule has 2 N–H and O–H groups in total. The molecule has 0 bridgehead atoms. The van der Waals surface area contributed by atoms with Gasteiger partial charge in [0.2, 0.25) is 0 Å². The normalized spacial score (nSPS) is 10.3. The second-order valence-electron chi connectivity index (χ2n) is 4.44. The molecule has 0 fully saturated rings. The van der Waals surface area contributed by atoms with Crippen LogP contribution in [0.15, 0.2) is 46.9 Å². The fourth-order valence-electron chi connectivity index (χ4n) is 2.15. The Labute approximate surface area is 126 Å². The van der Waals surface area contributed by atoms with Crippen LogP contribution in [-0.2, 0) is 13.0 Å². The van der Waals surface area contributed by atoms with Crippen molar-refractivity contribution in [2.24, 2.45) is 0 Å². The van der Waals surface area contributed by atoms with Gasteiger partial charge in [0.05, 0.1) is 11.3 Å². The molecule has 3 nitrogen and oxygen atoms in total. The first-order valence-electron chi connectivity index (χ1n) is 6.46. The van der Waals surface area contributed by atoms with E-state index in [4.69, 9.17) is 0 Å². The number of anilines is 1. The second kappa shape index (κ2) is 6.57. The van der Waals surface area contributed by atoms with Crippen LogP contribution < -0.4 is 5.32 Å². The number of carboxylic acid groups (broad SMARTS) is 1. The van der Waals surface area contributed by atoms with E-state index in [1.807, 2.05) is 18.2 Å². The van der Waals surface area contributed by atoms with E-state index >= 15 is 0 Å². The fraction of sp³-hybridized carbons (Fsp3) is 0.188. The monoisotopic (exact) mass is 333 g/mol. The molecule has 2 aromatic rings. The van der Waals surface area contributed by atoms with Crippen molar-refractivity contribution < 1.29 is 9.90 Å². The number of benzene rings is 2. The summed E-state index contributed by atoms with van der Waals surface area (Å²) in [5, 5.41) is 12.5. The van der Waals surface area contributed by atoms with Crippen molar-refractivity contribution in [3.63, 3.8) is 0 Å². The number of nitrogens with one attached hydrogen (secondary N) is 1. The van der Waals surface area contributed by atoms with Crippen LogP contribution in [0.5, 0.6) is 0 Å². The molecule has 0 unspecified atom stereocenters. The summed E-state index contributed by atoms with van der Waals surface area (Å²) in [6.45, 7) is 2.72. The van der Waals surface area contributed by atoms with E-state index in [2.05, 4.69) is 40.3 Å². The number of aromatic carboxylic acids is 1. The Balaban J connectivity index is 2.23. The van der Waals surface area contributed by atoms with Crippen molar-refractivity contribution in [3.05, 3.63) is 63.6 Å². The van der Waals surface area contributed by atoms with Crippen molar-refractivity contribution in [1.82, 2.24) is 0 Å². The number of carbonyl (C=O) groups is 1. The van der Waals surface area contributed by atoms with E-state index in [0.29, 0.717) is 16.7 Å². The molecule has 2 rings (SSSR count). The van der Waals surface area contributed by atoms with Gasteiger partial charge in [-0.25, -0.2) is 4.79 Å². The third-order valence-corrected chi connectivity index (χ3v) is 3.86. The van der Waals surface area contributed by atoms with Crippen molar-refractivity contribution in [2.45, 2.75) is 19.9 Å². The minimum Gasteiger partial charge on any atom is -0.478 e. The van der Waals surface area contributed by atoms with Crippen molar-refractivity contribution in [2.75, 3.05) is 5.32 Å². The molecule has 0 spiro atoms. The van der Waals surface area contributed by atoms with Crippen LogP contribution >= 0.6 is 15.9 Å². The molecular weight excluding hydrogens is 318 g/mol. The lowest BCUT2D eigenvalue weighted by Crippen LogP contribution is -2.08. The van der Waals surface area contributed by atoms with Gasteiger partial charge in [-0.3, -0.25) is 0 Å². The molecule has 4 heteroatoms. The molecule has 0 saturated heterocycles. The Morgan fingerprint density at radius 3 is 2.50 bits per heavy atom. The summed E-state index contributed by atoms with van der Waals surface area (Å²) in [5.41, 5.74) is 3.34. The zero-order valence-electron chi connectivity index (χ0n) is 11.2. The summed E-state index contributed by atoms with van der Waals surface area (Å²) in [6.07, 6.45) is 0.960. The lowest BCUT2D eigenvalue weighted by Gasteiger charge is -2.13. The third kappa shape index (κ3) is 3.20. The molecule has 0 aliphatic heterocycles. The van der Waals surface area contributed by atoms with Crippen LogP contribution in [0.2, 0.25) is 0 Å². The largest absolute Gasteiger partial charge is 0.478 e. The second-order valence-corrected chi connectivity index (χ2v) is 5.30. The number of carboxylic acids is 1. The minimum atomic E-state index is -0.941. The Morgan fingerprint density at radius 2 is 1.85 bits per heavy atom. The van der Waals surface area contributed by atoms with Gasteiger partial charge in [0, 0.05) is 11.0 Å². The molecule has 0 saturated carbocycles. The zero-order valence-corrected chi connectivity index (χ0v) is 12.8.